The first kappa shape index (κ1) is 23.1. The molecule has 3 aromatic rings. The first-order chi connectivity index (χ1) is 15.3. The van der Waals surface area contributed by atoms with Gasteiger partial charge in [0.2, 0.25) is 11.8 Å². The summed E-state index contributed by atoms with van der Waals surface area (Å²) in [7, 11) is -3.41. The van der Waals surface area contributed by atoms with Gasteiger partial charge in [-0.1, -0.05) is 18.2 Å². The fourth-order valence-electron chi connectivity index (χ4n) is 3.23. The number of hydrogen-bond acceptors (Lipinski definition) is 7. The van der Waals surface area contributed by atoms with Gasteiger partial charge in [0.25, 0.3) is 0 Å². The van der Waals surface area contributed by atoms with E-state index in [1.165, 1.54) is 6.33 Å². The van der Waals surface area contributed by atoms with Crippen LogP contribution in [0.4, 0.5) is 17.2 Å². The zero-order valence-electron chi connectivity index (χ0n) is 17.9. The van der Waals surface area contributed by atoms with Crippen LogP contribution in [0.2, 0.25) is 0 Å². The lowest BCUT2D eigenvalue weighted by atomic mass is 10.2. The maximum Gasteiger partial charge on any atom is 0.235 e. The molecule has 168 valence electrons. The lowest BCUT2D eigenvalue weighted by molar-refractivity contribution is -0.119. The summed E-state index contributed by atoms with van der Waals surface area (Å²) in [6.45, 7) is 2.77. The van der Waals surface area contributed by atoms with Crippen molar-refractivity contribution in [2.45, 2.75) is 13.3 Å². The van der Waals surface area contributed by atoms with Crippen LogP contribution < -0.4 is 15.5 Å². The van der Waals surface area contributed by atoms with Gasteiger partial charge in [-0.3, -0.25) is 9.59 Å². The molecule has 0 saturated carbocycles. The summed E-state index contributed by atoms with van der Waals surface area (Å²) < 4.78 is 22.2. The largest absolute Gasteiger partial charge is 0.355 e. The quantitative estimate of drug-likeness (QED) is 0.508. The Bertz CT molecular complexity index is 1220. The maximum absolute atomic E-state index is 12.3. The minimum Gasteiger partial charge on any atom is -0.355 e. The third-order valence-corrected chi connectivity index (χ3v) is 5.39. The Morgan fingerprint density at radius 1 is 1.03 bits per heavy atom. The molecule has 2 amide bonds. The third-order valence-electron chi connectivity index (χ3n) is 4.61. The zero-order chi connectivity index (χ0) is 23.1. The Labute approximate surface area is 186 Å². The summed E-state index contributed by atoms with van der Waals surface area (Å²) in [5.41, 5.74) is 2.31. The van der Waals surface area contributed by atoms with Gasteiger partial charge in [0.1, 0.15) is 17.9 Å². The van der Waals surface area contributed by atoms with Crippen LogP contribution in [0.25, 0.3) is 10.9 Å². The first-order valence-corrected chi connectivity index (χ1v) is 12.1. The summed E-state index contributed by atoms with van der Waals surface area (Å²) in [4.78, 5) is 34.7. The van der Waals surface area contributed by atoms with Crippen molar-refractivity contribution in [3.8, 4) is 0 Å². The number of nitrogens with zero attached hydrogens (tertiary/aromatic N) is 3. The van der Waals surface area contributed by atoms with E-state index in [0.717, 1.165) is 28.7 Å². The predicted molar refractivity (Wildman–Crippen MR) is 125 cm³/mol. The Morgan fingerprint density at radius 3 is 2.47 bits per heavy atom. The molecule has 10 heteroatoms. The minimum atomic E-state index is -3.41. The number of benzene rings is 2. The molecule has 1 heterocycles. The molecule has 0 aliphatic rings. The maximum atomic E-state index is 12.3. The summed E-state index contributed by atoms with van der Waals surface area (Å²) in [6, 6.07) is 15.2. The van der Waals surface area contributed by atoms with E-state index in [-0.39, 0.29) is 18.9 Å². The number of para-hydroxylation sites is 1. The van der Waals surface area contributed by atoms with Gasteiger partial charge in [0.15, 0.2) is 9.84 Å². The topological polar surface area (TPSA) is 121 Å². The van der Waals surface area contributed by atoms with Crippen LogP contribution in [0.3, 0.4) is 0 Å². The molecule has 0 atom stereocenters. The third kappa shape index (κ3) is 6.24. The van der Waals surface area contributed by atoms with Gasteiger partial charge < -0.3 is 15.5 Å². The molecule has 9 nitrogen and oxygen atoms in total. The van der Waals surface area contributed by atoms with Crippen LogP contribution in [-0.4, -0.2) is 55.3 Å². The fourth-order valence-corrected chi connectivity index (χ4v) is 3.80. The van der Waals surface area contributed by atoms with E-state index in [1.54, 1.807) is 6.07 Å². The van der Waals surface area contributed by atoms with Gasteiger partial charge in [-0.05, 0) is 37.3 Å². The number of fused-ring (bicyclic) bond motifs is 1. The second-order valence-electron chi connectivity index (χ2n) is 7.23. The number of carbonyl (C=O) groups excluding carboxylic acids is 2. The van der Waals surface area contributed by atoms with E-state index in [2.05, 4.69) is 25.5 Å². The van der Waals surface area contributed by atoms with Crippen molar-refractivity contribution in [1.82, 2.24) is 15.3 Å². The van der Waals surface area contributed by atoms with Crippen molar-refractivity contribution in [2.75, 3.05) is 35.3 Å². The van der Waals surface area contributed by atoms with E-state index >= 15 is 0 Å². The van der Waals surface area contributed by atoms with Crippen molar-refractivity contribution in [3.05, 3.63) is 54.9 Å². The van der Waals surface area contributed by atoms with Crippen molar-refractivity contribution in [1.29, 1.82) is 0 Å². The monoisotopic (exact) mass is 455 g/mol. The van der Waals surface area contributed by atoms with Crippen molar-refractivity contribution < 1.29 is 18.0 Å². The molecule has 0 bridgehead atoms. The molecule has 3 rings (SSSR count). The van der Waals surface area contributed by atoms with Gasteiger partial charge in [-0.25, -0.2) is 18.4 Å². The van der Waals surface area contributed by atoms with Crippen LogP contribution in [0.1, 0.15) is 13.3 Å². The highest BCUT2D eigenvalue weighted by Gasteiger charge is 2.14. The second kappa shape index (κ2) is 10.2. The number of aromatic nitrogens is 2. The molecule has 0 saturated heterocycles. The number of sulfone groups is 1. The second-order valence-corrected chi connectivity index (χ2v) is 9.37. The zero-order valence-corrected chi connectivity index (χ0v) is 18.7. The molecular formula is C22H25N5O4S. The van der Waals surface area contributed by atoms with Crippen molar-refractivity contribution in [2.24, 2.45) is 0 Å². The number of carbonyl (C=O) groups is 2. The number of anilines is 3. The van der Waals surface area contributed by atoms with Crippen LogP contribution in [0, 0.1) is 0 Å². The minimum absolute atomic E-state index is 0.0107. The number of nitrogens with one attached hydrogen (secondary N) is 2. The van der Waals surface area contributed by atoms with Gasteiger partial charge in [-0.2, -0.15) is 0 Å². The van der Waals surface area contributed by atoms with Gasteiger partial charge in [0, 0.05) is 42.5 Å². The summed E-state index contributed by atoms with van der Waals surface area (Å²) in [5, 5.41) is 6.02. The molecule has 2 aromatic carbocycles. The molecule has 0 fully saturated rings. The SMILES string of the molecule is CCN(c1ccccc1)c1ncnc2ccc(NC(=O)CCNC(=O)CS(C)(=O)=O)cc12. The van der Waals surface area contributed by atoms with Crippen molar-refractivity contribution in [3.63, 3.8) is 0 Å². The smallest absolute Gasteiger partial charge is 0.235 e. The van der Waals surface area contributed by atoms with E-state index in [4.69, 9.17) is 0 Å². The Kier molecular flexibility index (Phi) is 7.37. The van der Waals surface area contributed by atoms with E-state index in [9.17, 15) is 18.0 Å². The molecule has 0 unspecified atom stereocenters. The highest BCUT2D eigenvalue weighted by Crippen LogP contribution is 2.30. The Morgan fingerprint density at radius 2 is 1.78 bits per heavy atom. The van der Waals surface area contributed by atoms with Crippen LogP contribution in [0.5, 0.6) is 0 Å². The molecule has 0 aliphatic carbocycles. The molecule has 0 spiro atoms. The Hall–Kier alpha value is -3.53. The van der Waals surface area contributed by atoms with E-state index < -0.39 is 21.5 Å². The van der Waals surface area contributed by atoms with Crippen LogP contribution in [0.15, 0.2) is 54.9 Å². The molecular weight excluding hydrogens is 430 g/mol. The summed E-state index contributed by atoms with van der Waals surface area (Å²) in [6.07, 6.45) is 2.51. The number of amides is 2. The molecule has 1 aromatic heterocycles. The van der Waals surface area contributed by atoms with Gasteiger partial charge in [0.05, 0.1) is 5.52 Å². The highest BCUT2D eigenvalue weighted by atomic mass is 32.2. The normalized spacial score (nSPS) is 11.2. The van der Waals surface area contributed by atoms with E-state index in [1.807, 2.05) is 49.4 Å². The number of rotatable bonds is 9. The fraction of sp³-hybridized carbons (Fsp3) is 0.273. The summed E-state index contributed by atoms with van der Waals surface area (Å²) in [5.74, 6) is -0.809. The van der Waals surface area contributed by atoms with Gasteiger partial charge >= 0.3 is 0 Å². The standard InChI is InChI=1S/C22H25N5O4S/c1-3-27(17-7-5-4-6-8-17)22-18-13-16(9-10-19(18)24-15-25-22)26-20(28)11-12-23-21(29)14-32(2,30)31/h4-10,13,15H,3,11-12,14H2,1-2H3,(H,23,29)(H,26,28). The average Bonchev–Trinajstić information content (AvgIpc) is 2.74. The first-order valence-electron chi connectivity index (χ1n) is 10.1. The van der Waals surface area contributed by atoms with Gasteiger partial charge in [-0.15, -0.1) is 0 Å². The molecule has 32 heavy (non-hydrogen) atoms. The number of hydrogen-bond donors (Lipinski definition) is 2. The molecule has 0 radical (unpaired) electrons. The van der Waals surface area contributed by atoms with Crippen LogP contribution >= 0.6 is 0 Å². The average molecular weight is 456 g/mol. The van der Waals surface area contributed by atoms with E-state index in [0.29, 0.717) is 12.2 Å². The van der Waals surface area contributed by atoms with Crippen LogP contribution in [-0.2, 0) is 19.4 Å². The lowest BCUT2D eigenvalue weighted by Gasteiger charge is -2.23. The van der Waals surface area contributed by atoms with Crippen molar-refractivity contribution >= 4 is 49.7 Å². The lowest BCUT2D eigenvalue weighted by Crippen LogP contribution is -2.32. The summed E-state index contributed by atoms with van der Waals surface area (Å²) >= 11 is 0. The predicted octanol–water partition coefficient (Wildman–Crippen LogP) is 2.28. The molecule has 2 N–H and O–H groups in total. The Balaban J connectivity index is 1.73. The molecule has 0 aliphatic heterocycles. The highest BCUT2D eigenvalue weighted by molar-refractivity contribution is 7.91.